The first kappa shape index (κ1) is 8.36. The molecule has 1 heteroatoms. The molecule has 1 aliphatic carbocycles. The highest BCUT2D eigenvalue weighted by atomic mass is 15.0. The molecule has 0 saturated carbocycles. The van der Waals surface area contributed by atoms with Crippen LogP contribution in [-0.2, 0) is 0 Å². The molecule has 0 saturated heterocycles. The maximum Gasteiger partial charge on any atom is 0.0813 e. The van der Waals surface area contributed by atoms with Gasteiger partial charge in [-0.2, -0.15) is 0 Å². The van der Waals surface area contributed by atoms with Crippen LogP contribution in [0, 0.1) is 17.8 Å². The average molecular weight is 149 g/mol. The van der Waals surface area contributed by atoms with Crippen LogP contribution < -0.4 is 5.32 Å². The zero-order chi connectivity index (χ0) is 8.48. The van der Waals surface area contributed by atoms with Gasteiger partial charge in [-0.05, 0) is 13.8 Å². The molecular weight excluding hydrogens is 134 g/mol. The van der Waals surface area contributed by atoms with Gasteiger partial charge in [0.1, 0.15) is 0 Å². The van der Waals surface area contributed by atoms with Gasteiger partial charge in [0.2, 0.25) is 0 Å². The summed E-state index contributed by atoms with van der Waals surface area (Å²) in [6, 6.07) is 0.623. The Morgan fingerprint density at radius 3 is 2.27 bits per heavy atom. The number of terminal acetylenes is 1. The molecule has 0 bridgehead atoms. The van der Waals surface area contributed by atoms with Crippen molar-refractivity contribution in [2.45, 2.75) is 32.9 Å². The van der Waals surface area contributed by atoms with Crippen molar-refractivity contribution in [3.05, 3.63) is 12.2 Å². The molecule has 0 aromatic rings. The van der Waals surface area contributed by atoms with Gasteiger partial charge in [0.25, 0.3) is 0 Å². The van der Waals surface area contributed by atoms with Crippen LogP contribution in [0.15, 0.2) is 12.2 Å². The van der Waals surface area contributed by atoms with Crippen LogP contribution in [0.5, 0.6) is 0 Å². The molecule has 60 valence electrons. The van der Waals surface area contributed by atoms with Crippen molar-refractivity contribution in [1.29, 1.82) is 0 Å². The maximum atomic E-state index is 5.39. The fraction of sp³-hybridized carbons (Fsp3) is 0.600. The van der Waals surface area contributed by atoms with E-state index in [1.54, 1.807) is 0 Å². The molecule has 0 aromatic heterocycles. The second-order valence-corrected chi connectivity index (χ2v) is 3.62. The van der Waals surface area contributed by atoms with E-state index in [4.69, 9.17) is 6.42 Å². The van der Waals surface area contributed by atoms with Crippen LogP contribution in [0.4, 0.5) is 0 Å². The van der Waals surface area contributed by atoms with E-state index in [1.807, 2.05) is 0 Å². The topological polar surface area (TPSA) is 12.0 Å². The van der Waals surface area contributed by atoms with Crippen molar-refractivity contribution in [1.82, 2.24) is 5.32 Å². The Bertz CT molecular complexity index is 201. The van der Waals surface area contributed by atoms with E-state index in [0.29, 0.717) is 6.04 Å². The molecule has 1 unspecified atom stereocenters. The van der Waals surface area contributed by atoms with E-state index in [2.05, 4.69) is 44.2 Å². The highest BCUT2D eigenvalue weighted by Gasteiger charge is 2.36. The first-order valence-corrected chi connectivity index (χ1v) is 4.01. The standard InChI is InChI=1S/C10H15N/c1-5-9(11-8(2)3)10(4)6-7-10/h1,6-9,11H,2-4H3. The monoisotopic (exact) mass is 149 g/mol. The Morgan fingerprint density at radius 1 is 1.45 bits per heavy atom. The largest absolute Gasteiger partial charge is 0.300 e. The molecule has 1 rings (SSSR count). The SMILES string of the molecule is C#CC(NC(C)C)C1(C)C=C1. The van der Waals surface area contributed by atoms with Gasteiger partial charge < -0.3 is 5.32 Å². The van der Waals surface area contributed by atoms with Crippen molar-refractivity contribution >= 4 is 0 Å². The van der Waals surface area contributed by atoms with Crippen molar-refractivity contribution in [3.63, 3.8) is 0 Å². The molecule has 0 fully saturated rings. The van der Waals surface area contributed by atoms with Gasteiger partial charge in [0.15, 0.2) is 0 Å². The summed E-state index contributed by atoms with van der Waals surface area (Å²) >= 11 is 0. The summed E-state index contributed by atoms with van der Waals surface area (Å²) in [6.45, 7) is 6.36. The highest BCUT2D eigenvalue weighted by molar-refractivity contribution is 5.33. The van der Waals surface area contributed by atoms with Crippen LogP contribution >= 0.6 is 0 Å². The molecule has 0 spiro atoms. The molecule has 1 atom stereocenters. The van der Waals surface area contributed by atoms with E-state index < -0.39 is 0 Å². The fourth-order valence-electron chi connectivity index (χ4n) is 1.06. The third-order valence-electron chi connectivity index (χ3n) is 1.98. The number of rotatable bonds is 3. The Kier molecular flexibility index (Phi) is 2.06. The van der Waals surface area contributed by atoms with E-state index >= 15 is 0 Å². The molecule has 0 aliphatic heterocycles. The maximum absolute atomic E-state index is 5.39. The quantitative estimate of drug-likeness (QED) is 0.474. The lowest BCUT2D eigenvalue weighted by molar-refractivity contribution is 0.429. The lowest BCUT2D eigenvalue weighted by Crippen LogP contribution is -2.39. The van der Waals surface area contributed by atoms with Gasteiger partial charge in [-0.3, -0.25) is 0 Å². The zero-order valence-corrected chi connectivity index (χ0v) is 7.39. The molecule has 0 heterocycles. The van der Waals surface area contributed by atoms with Gasteiger partial charge in [-0.15, -0.1) is 6.42 Å². The molecule has 11 heavy (non-hydrogen) atoms. The van der Waals surface area contributed by atoms with Crippen LogP contribution in [0.1, 0.15) is 20.8 Å². The zero-order valence-electron chi connectivity index (χ0n) is 7.39. The first-order chi connectivity index (χ1) is 5.08. The average Bonchev–Trinajstić information content (AvgIpc) is 2.63. The van der Waals surface area contributed by atoms with Crippen molar-refractivity contribution in [3.8, 4) is 12.3 Å². The molecule has 1 N–H and O–H groups in total. The second-order valence-electron chi connectivity index (χ2n) is 3.62. The smallest absolute Gasteiger partial charge is 0.0813 e. The van der Waals surface area contributed by atoms with E-state index in [9.17, 15) is 0 Å². The number of hydrogen-bond acceptors (Lipinski definition) is 1. The Hall–Kier alpha value is -0.740. The second kappa shape index (κ2) is 2.71. The summed E-state index contributed by atoms with van der Waals surface area (Å²) in [5.41, 5.74) is 0.152. The first-order valence-electron chi connectivity index (χ1n) is 4.01. The summed E-state index contributed by atoms with van der Waals surface area (Å²) in [4.78, 5) is 0. The van der Waals surface area contributed by atoms with Gasteiger partial charge in [-0.25, -0.2) is 0 Å². The van der Waals surface area contributed by atoms with Gasteiger partial charge in [0, 0.05) is 11.5 Å². The number of hydrogen-bond donors (Lipinski definition) is 1. The van der Waals surface area contributed by atoms with Crippen LogP contribution in [0.25, 0.3) is 0 Å². The fourth-order valence-corrected chi connectivity index (χ4v) is 1.06. The molecule has 0 amide bonds. The highest BCUT2D eigenvalue weighted by Crippen LogP contribution is 2.37. The van der Waals surface area contributed by atoms with Gasteiger partial charge in [-0.1, -0.05) is 25.0 Å². The van der Waals surface area contributed by atoms with Crippen LogP contribution in [0.3, 0.4) is 0 Å². The van der Waals surface area contributed by atoms with Gasteiger partial charge >= 0.3 is 0 Å². The van der Waals surface area contributed by atoms with Crippen LogP contribution in [0.2, 0.25) is 0 Å². The summed E-state index contributed by atoms with van der Waals surface area (Å²) in [6.07, 6.45) is 9.69. The minimum atomic E-state index is 0.152. The molecule has 1 nitrogen and oxygen atoms in total. The van der Waals surface area contributed by atoms with E-state index in [0.717, 1.165) is 0 Å². The Labute approximate surface area is 68.9 Å². The van der Waals surface area contributed by atoms with Crippen molar-refractivity contribution in [2.75, 3.05) is 0 Å². The van der Waals surface area contributed by atoms with Crippen molar-refractivity contribution in [2.24, 2.45) is 5.41 Å². The van der Waals surface area contributed by atoms with Gasteiger partial charge in [0.05, 0.1) is 6.04 Å². The lowest BCUT2D eigenvalue weighted by Gasteiger charge is -2.22. The predicted octanol–water partition coefficient (Wildman–Crippen LogP) is 1.56. The van der Waals surface area contributed by atoms with E-state index in [-0.39, 0.29) is 11.5 Å². The minimum absolute atomic E-state index is 0.152. The van der Waals surface area contributed by atoms with E-state index in [1.165, 1.54) is 0 Å². The Morgan fingerprint density at radius 2 is 2.00 bits per heavy atom. The molecular formula is C10H15N. The summed E-state index contributed by atoms with van der Waals surface area (Å²) in [7, 11) is 0. The Balaban J connectivity index is 2.46. The molecule has 1 aliphatic rings. The predicted molar refractivity (Wildman–Crippen MR) is 48.1 cm³/mol. The molecule has 0 radical (unpaired) electrons. The third kappa shape index (κ3) is 1.85. The third-order valence-corrected chi connectivity index (χ3v) is 1.98. The number of nitrogens with one attached hydrogen (secondary N) is 1. The summed E-state index contributed by atoms with van der Waals surface area (Å²) < 4.78 is 0. The summed E-state index contributed by atoms with van der Waals surface area (Å²) in [5, 5.41) is 3.33. The minimum Gasteiger partial charge on any atom is -0.300 e. The molecule has 0 aromatic carbocycles. The normalized spacial score (nSPS) is 21.4. The summed E-state index contributed by atoms with van der Waals surface area (Å²) in [5.74, 6) is 2.76. The van der Waals surface area contributed by atoms with Crippen LogP contribution in [-0.4, -0.2) is 12.1 Å². The lowest BCUT2D eigenvalue weighted by atomic mass is 9.96. The van der Waals surface area contributed by atoms with Crippen molar-refractivity contribution < 1.29 is 0 Å².